The van der Waals surface area contributed by atoms with E-state index in [9.17, 15) is 22.0 Å². The van der Waals surface area contributed by atoms with Gasteiger partial charge in [0.2, 0.25) is 15.9 Å². The van der Waals surface area contributed by atoms with Crippen molar-refractivity contribution < 1.29 is 26.7 Å². The number of likely N-dealkylation sites (tertiary alicyclic amines) is 1. The molecule has 6 nitrogen and oxygen atoms in total. The molecule has 0 aromatic heterocycles. The van der Waals surface area contributed by atoms with Crippen LogP contribution in [0.3, 0.4) is 0 Å². The second-order valence-electron chi connectivity index (χ2n) is 5.91. The van der Waals surface area contributed by atoms with Gasteiger partial charge in [0, 0.05) is 18.8 Å². The number of hydrogen-bond donors (Lipinski definition) is 0. The number of ether oxygens (including phenoxy) is 1. The third-order valence-corrected chi connectivity index (χ3v) is 7.59. The summed E-state index contributed by atoms with van der Waals surface area (Å²) in [7, 11) is -3.99. The molecule has 3 rings (SSSR count). The van der Waals surface area contributed by atoms with Crippen LogP contribution in [0.25, 0.3) is 0 Å². The Morgan fingerprint density at radius 1 is 1.31 bits per heavy atom. The lowest BCUT2D eigenvalue weighted by molar-refractivity contribution is -0.133. The molecule has 1 aromatic rings. The summed E-state index contributed by atoms with van der Waals surface area (Å²) < 4.78 is 55.9. The van der Waals surface area contributed by atoms with Crippen LogP contribution in [0.4, 0.5) is 8.78 Å². The van der Waals surface area contributed by atoms with Crippen molar-refractivity contribution in [3.05, 3.63) is 23.2 Å². The second kappa shape index (κ2) is 7.87. The lowest BCUT2D eigenvalue weighted by Gasteiger charge is -2.26. The molecule has 2 fully saturated rings. The Balaban J connectivity index is 1.84. The molecule has 0 spiro atoms. The lowest BCUT2D eigenvalue weighted by atomic mass is 10.3. The van der Waals surface area contributed by atoms with Crippen LogP contribution in [0.5, 0.6) is 5.75 Å². The van der Waals surface area contributed by atoms with Crippen LogP contribution < -0.4 is 4.74 Å². The van der Waals surface area contributed by atoms with Gasteiger partial charge >= 0.3 is 6.61 Å². The van der Waals surface area contributed by atoms with Gasteiger partial charge in [-0.25, -0.2) is 8.42 Å². The molecule has 0 bridgehead atoms. The molecule has 1 atom stereocenters. The maximum absolute atomic E-state index is 12.9. The zero-order valence-corrected chi connectivity index (χ0v) is 16.0. The fraction of sp³-hybridized carbons (Fsp3) is 0.533. The Bertz CT molecular complexity index is 788. The van der Waals surface area contributed by atoms with E-state index in [1.54, 1.807) is 4.90 Å². The normalized spacial score (nSPS) is 21.5. The first-order valence-corrected chi connectivity index (χ1v) is 10.9. The van der Waals surface area contributed by atoms with Gasteiger partial charge in [0.1, 0.15) is 11.8 Å². The number of sulfonamides is 1. The minimum Gasteiger partial charge on any atom is -0.433 e. The number of carbonyl (C=O) groups is 1. The van der Waals surface area contributed by atoms with E-state index < -0.39 is 22.7 Å². The summed E-state index contributed by atoms with van der Waals surface area (Å²) in [6.07, 6.45) is 1.83. The molecule has 144 valence electrons. The van der Waals surface area contributed by atoms with E-state index >= 15 is 0 Å². The van der Waals surface area contributed by atoms with Crippen LogP contribution in [0.15, 0.2) is 23.1 Å². The highest BCUT2D eigenvalue weighted by atomic mass is 35.5. The predicted molar refractivity (Wildman–Crippen MR) is 94.0 cm³/mol. The van der Waals surface area contributed by atoms with Gasteiger partial charge in [-0.15, -0.1) is 11.8 Å². The average molecular weight is 427 g/mol. The number of hydrogen-bond acceptors (Lipinski definition) is 5. The van der Waals surface area contributed by atoms with E-state index in [0.29, 0.717) is 18.8 Å². The fourth-order valence-corrected chi connectivity index (χ4v) is 6.43. The molecule has 0 aliphatic carbocycles. The second-order valence-corrected chi connectivity index (χ2v) is 9.21. The minimum atomic E-state index is -3.99. The first kappa shape index (κ1) is 19.7. The lowest BCUT2D eigenvalue weighted by Crippen LogP contribution is -2.48. The molecule has 2 aliphatic rings. The SMILES string of the molecule is O=C(C1CSCN1S(=O)(=O)c1ccc(OC(F)F)c(Cl)c1)N1CCCC1. The average Bonchev–Trinajstić information content (AvgIpc) is 3.27. The number of amides is 1. The quantitative estimate of drug-likeness (QED) is 0.724. The van der Waals surface area contributed by atoms with Crippen LogP contribution in [0, 0.1) is 0 Å². The van der Waals surface area contributed by atoms with Gasteiger partial charge in [0.25, 0.3) is 0 Å². The Hall–Kier alpha value is -1.10. The minimum absolute atomic E-state index is 0.152. The fourth-order valence-electron chi connectivity index (χ4n) is 2.98. The molecule has 0 radical (unpaired) electrons. The Morgan fingerprint density at radius 2 is 2.00 bits per heavy atom. The van der Waals surface area contributed by atoms with Crippen molar-refractivity contribution in [1.82, 2.24) is 9.21 Å². The number of alkyl halides is 2. The van der Waals surface area contributed by atoms with Gasteiger partial charge in [0.05, 0.1) is 15.8 Å². The van der Waals surface area contributed by atoms with Crippen molar-refractivity contribution in [1.29, 1.82) is 0 Å². The monoisotopic (exact) mass is 426 g/mol. The zero-order valence-electron chi connectivity index (χ0n) is 13.6. The first-order valence-electron chi connectivity index (χ1n) is 7.93. The van der Waals surface area contributed by atoms with Crippen molar-refractivity contribution in [3.63, 3.8) is 0 Å². The first-order chi connectivity index (χ1) is 12.3. The smallest absolute Gasteiger partial charge is 0.387 e. The summed E-state index contributed by atoms with van der Waals surface area (Å²) in [6, 6.07) is 2.54. The van der Waals surface area contributed by atoms with E-state index in [2.05, 4.69) is 4.74 Å². The van der Waals surface area contributed by atoms with Gasteiger partial charge in [-0.3, -0.25) is 4.79 Å². The topological polar surface area (TPSA) is 66.9 Å². The Labute approximate surface area is 159 Å². The Morgan fingerprint density at radius 3 is 2.62 bits per heavy atom. The maximum Gasteiger partial charge on any atom is 0.387 e. The molecule has 11 heteroatoms. The van der Waals surface area contributed by atoms with Gasteiger partial charge in [-0.05, 0) is 31.0 Å². The van der Waals surface area contributed by atoms with E-state index in [1.807, 2.05) is 0 Å². The molecule has 26 heavy (non-hydrogen) atoms. The third-order valence-electron chi connectivity index (χ3n) is 4.27. The van der Waals surface area contributed by atoms with Gasteiger partial charge < -0.3 is 9.64 Å². The van der Waals surface area contributed by atoms with Gasteiger partial charge in [0.15, 0.2) is 0 Å². The van der Waals surface area contributed by atoms with E-state index in [1.165, 1.54) is 11.8 Å². The molecule has 1 unspecified atom stereocenters. The predicted octanol–water partition coefficient (Wildman–Crippen LogP) is 2.63. The van der Waals surface area contributed by atoms with Crippen LogP contribution in [-0.4, -0.2) is 60.9 Å². The number of carbonyl (C=O) groups excluding carboxylic acids is 1. The molecule has 0 saturated carbocycles. The van der Waals surface area contributed by atoms with Crippen LogP contribution in [0.2, 0.25) is 5.02 Å². The number of halogens is 3. The maximum atomic E-state index is 12.9. The van der Waals surface area contributed by atoms with Crippen molar-refractivity contribution >= 4 is 39.3 Å². The van der Waals surface area contributed by atoms with E-state index in [4.69, 9.17) is 11.6 Å². The molecule has 1 aromatic carbocycles. The highest BCUT2D eigenvalue weighted by Crippen LogP contribution is 2.34. The molecular weight excluding hydrogens is 410 g/mol. The number of nitrogens with zero attached hydrogens (tertiary/aromatic N) is 2. The largest absolute Gasteiger partial charge is 0.433 e. The number of benzene rings is 1. The van der Waals surface area contributed by atoms with Crippen molar-refractivity contribution in [2.75, 3.05) is 24.7 Å². The number of thioether (sulfide) groups is 1. The highest BCUT2D eigenvalue weighted by Gasteiger charge is 2.42. The third kappa shape index (κ3) is 3.92. The molecule has 2 aliphatic heterocycles. The van der Waals surface area contributed by atoms with Crippen LogP contribution >= 0.6 is 23.4 Å². The molecule has 1 amide bonds. The van der Waals surface area contributed by atoms with Crippen molar-refractivity contribution in [2.24, 2.45) is 0 Å². The van der Waals surface area contributed by atoms with Crippen molar-refractivity contribution in [3.8, 4) is 5.75 Å². The van der Waals surface area contributed by atoms with Crippen molar-refractivity contribution in [2.45, 2.75) is 30.4 Å². The highest BCUT2D eigenvalue weighted by molar-refractivity contribution is 8.00. The molecule has 2 saturated heterocycles. The summed E-state index contributed by atoms with van der Waals surface area (Å²) in [5.74, 6) is 0.0369. The van der Waals surface area contributed by atoms with Crippen LogP contribution in [0.1, 0.15) is 12.8 Å². The summed E-state index contributed by atoms with van der Waals surface area (Å²) in [5.41, 5.74) is 0. The Kier molecular flexibility index (Phi) is 5.95. The molecular formula is C15H17ClF2N2O4S2. The summed E-state index contributed by atoms with van der Waals surface area (Å²) in [4.78, 5) is 14.2. The molecule has 2 heterocycles. The van der Waals surface area contributed by atoms with Gasteiger partial charge in [-0.1, -0.05) is 11.6 Å². The van der Waals surface area contributed by atoms with E-state index in [0.717, 1.165) is 35.3 Å². The standard InChI is InChI=1S/C15H17ClF2N2O4S2/c16-11-7-10(3-4-13(11)24-15(17)18)26(22,23)20-9-25-8-12(20)14(21)19-5-1-2-6-19/h3-4,7,12,15H,1-2,5-6,8-9H2. The summed E-state index contributed by atoms with van der Waals surface area (Å²) >= 11 is 7.22. The van der Waals surface area contributed by atoms with Crippen LogP contribution in [-0.2, 0) is 14.8 Å². The van der Waals surface area contributed by atoms with E-state index in [-0.39, 0.29) is 27.5 Å². The number of rotatable bonds is 5. The van der Waals surface area contributed by atoms with Gasteiger partial charge in [-0.2, -0.15) is 13.1 Å². The zero-order chi connectivity index (χ0) is 18.9. The summed E-state index contributed by atoms with van der Waals surface area (Å²) in [6.45, 7) is -1.79. The summed E-state index contributed by atoms with van der Waals surface area (Å²) in [5, 5.41) is -0.236. The molecule has 0 N–H and O–H groups in total.